The molecule has 0 unspecified atom stereocenters. The molecular formula is C19H47Cl2I2N3O. The van der Waals surface area contributed by atoms with Gasteiger partial charge in [0.05, 0.1) is 33.3 Å². The molecule has 3 saturated carbocycles. The van der Waals surface area contributed by atoms with E-state index in [4.69, 9.17) is 10.8 Å². The summed E-state index contributed by atoms with van der Waals surface area (Å²) in [5.74, 6) is 0. The standard InChI is InChI=1S/C8H18N.C5H11N.C3H7N.C2H5IO.CH4.2ClH.HI/c1-4-7-9(2,3)8-5-6-8;1-6(2)5-3-4-5;4-3-1-2-3;3-1-2-4;;;;/h8H,4-7H2,1-3H3;5H,3-4H2,1-2H3;3H,1-2,4H2;4H,1-2H2;1H4;3*1H/q+1;;;;;;;/p-1. The maximum absolute atomic E-state index is 7.87. The molecule has 27 heavy (non-hydrogen) atoms. The fourth-order valence-electron chi connectivity index (χ4n) is 2.22. The van der Waals surface area contributed by atoms with Gasteiger partial charge in [-0.15, -0.1) is 24.8 Å². The second kappa shape index (κ2) is 22.6. The SMILES string of the molecule is C.CCC[N+](C)(C)C1CC1.CN(C)C1CC1.Cl.Cl.NC1CC1.OCCI.[I-]. The van der Waals surface area contributed by atoms with Gasteiger partial charge in [-0.1, -0.05) is 36.9 Å². The second-order valence-electron chi connectivity index (χ2n) is 7.68. The highest BCUT2D eigenvalue weighted by atomic mass is 127. The van der Waals surface area contributed by atoms with Gasteiger partial charge in [-0.25, -0.2) is 0 Å². The minimum Gasteiger partial charge on any atom is -1.00 e. The molecule has 3 fully saturated rings. The molecule has 0 aromatic carbocycles. The molecule has 172 valence electrons. The number of aliphatic hydroxyl groups excluding tert-OH is 1. The Balaban J connectivity index is -0.0000000799. The van der Waals surface area contributed by atoms with Gasteiger partial charge in [0, 0.05) is 29.4 Å². The van der Waals surface area contributed by atoms with E-state index in [1.807, 2.05) is 0 Å². The van der Waals surface area contributed by atoms with Gasteiger partial charge in [0.1, 0.15) is 0 Å². The highest BCUT2D eigenvalue weighted by molar-refractivity contribution is 14.1. The Kier molecular flexibility index (Phi) is 32.9. The maximum atomic E-state index is 7.87. The van der Waals surface area contributed by atoms with E-state index in [0.717, 1.165) is 16.5 Å². The van der Waals surface area contributed by atoms with Crippen LogP contribution in [0.5, 0.6) is 0 Å². The largest absolute Gasteiger partial charge is 1.00 e. The second-order valence-corrected chi connectivity index (χ2v) is 8.76. The number of hydrogen-bond donors (Lipinski definition) is 2. The third-order valence-corrected chi connectivity index (χ3v) is 4.80. The number of quaternary nitrogens is 1. The van der Waals surface area contributed by atoms with Crippen LogP contribution < -0.4 is 29.7 Å². The van der Waals surface area contributed by atoms with E-state index in [-0.39, 0.29) is 56.2 Å². The van der Waals surface area contributed by atoms with Gasteiger partial charge in [-0.3, -0.25) is 0 Å². The first-order chi connectivity index (χ1) is 10.8. The van der Waals surface area contributed by atoms with Crippen LogP contribution in [0.15, 0.2) is 0 Å². The molecule has 0 aliphatic heterocycles. The van der Waals surface area contributed by atoms with E-state index in [0.29, 0.717) is 12.6 Å². The van der Waals surface area contributed by atoms with Gasteiger partial charge in [0.2, 0.25) is 0 Å². The zero-order chi connectivity index (χ0) is 17.9. The number of rotatable bonds is 5. The summed E-state index contributed by atoms with van der Waals surface area (Å²) in [4.78, 5) is 2.28. The Hall–Kier alpha value is 1.88. The first-order valence-electron chi connectivity index (χ1n) is 9.19. The lowest BCUT2D eigenvalue weighted by atomic mass is 10.3. The summed E-state index contributed by atoms with van der Waals surface area (Å²) in [6, 6.07) is 2.52. The Morgan fingerprint density at radius 1 is 1.04 bits per heavy atom. The topological polar surface area (TPSA) is 49.5 Å². The van der Waals surface area contributed by atoms with Crippen molar-refractivity contribution in [3.8, 4) is 0 Å². The lowest BCUT2D eigenvalue weighted by molar-refractivity contribution is -0.901. The van der Waals surface area contributed by atoms with Crippen molar-refractivity contribution in [3.63, 3.8) is 0 Å². The van der Waals surface area contributed by atoms with Gasteiger partial charge in [-0.05, 0) is 46.2 Å². The smallest absolute Gasteiger partial charge is 0.0890 e. The van der Waals surface area contributed by atoms with Crippen molar-refractivity contribution in [1.82, 2.24) is 4.90 Å². The molecule has 0 radical (unpaired) electrons. The lowest BCUT2D eigenvalue weighted by Crippen LogP contribution is -3.00. The first-order valence-corrected chi connectivity index (χ1v) is 10.7. The number of hydrogen-bond acceptors (Lipinski definition) is 3. The summed E-state index contributed by atoms with van der Waals surface area (Å²) < 4.78 is 2.11. The number of halogens is 4. The lowest BCUT2D eigenvalue weighted by Gasteiger charge is -2.29. The molecule has 8 heteroatoms. The predicted molar refractivity (Wildman–Crippen MR) is 131 cm³/mol. The third kappa shape index (κ3) is 27.9. The Morgan fingerprint density at radius 3 is 1.52 bits per heavy atom. The average Bonchev–Trinajstić information content (AvgIpc) is 3.32. The van der Waals surface area contributed by atoms with Crippen LogP contribution in [0.3, 0.4) is 0 Å². The number of alkyl halides is 1. The summed E-state index contributed by atoms with van der Waals surface area (Å²) in [5, 5.41) is 7.87. The van der Waals surface area contributed by atoms with E-state index in [9.17, 15) is 0 Å². The van der Waals surface area contributed by atoms with Crippen LogP contribution in [0.2, 0.25) is 0 Å². The van der Waals surface area contributed by atoms with Gasteiger partial charge < -0.3 is 44.2 Å². The Labute approximate surface area is 213 Å². The monoisotopic (exact) mass is 657 g/mol. The fourth-order valence-corrected chi connectivity index (χ4v) is 2.22. The molecule has 0 amide bonds. The van der Waals surface area contributed by atoms with Gasteiger partial charge in [0.25, 0.3) is 0 Å². The van der Waals surface area contributed by atoms with E-state index >= 15 is 0 Å². The summed E-state index contributed by atoms with van der Waals surface area (Å²) in [5.41, 5.74) is 5.22. The minimum absolute atomic E-state index is 0. The van der Waals surface area contributed by atoms with Crippen molar-refractivity contribution in [2.24, 2.45) is 5.73 Å². The van der Waals surface area contributed by atoms with Crippen LogP contribution in [0, 0.1) is 0 Å². The molecule has 0 aromatic rings. The summed E-state index contributed by atoms with van der Waals surface area (Å²) in [7, 11) is 8.97. The highest BCUT2D eigenvalue weighted by Gasteiger charge is 2.37. The summed E-state index contributed by atoms with van der Waals surface area (Å²) in [6.45, 7) is 3.92. The number of nitrogens with two attached hydrogens (primary N) is 1. The van der Waals surface area contributed by atoms with E-state index < -0.39 is 0 Å². The van der Waals surface area contributed by atoms with Crippen LogP contribution in [-0.2, 0) is 0 Å². The van der Waals surface area contributed by atoms with E-state index in [2.05, 4.69) is 62.6 Å². The van der Waals surface area contributed by atoms with Crippen LogP contribution in [0.1, 0.15) is 59.3 Å². The molecule has 3 aliphatic carbocycles. The molecular weight excluding hydrogens is 611 g/mol. The Morgan fingerprint density at radius 2 is 1.41 bits per heavy atom. The average molecular weight is 658 g/mol. The maximum Gasteiger partial charge on any atom is 0.0890 e. The molecule has 3 aliphatic rings. The zero-order valence-electron chi connectivity index (χ0n) is 17.3. The minimum atomic E-state index is 0. The molecule has 0 bridgehead atoms. The predicted octanol–water partition coefficient (Wildman–Crippen LogP) is 1.35. The van der Waals surface area contributed by atoms with Gasteiger partial charge >= 0.3 is 0 Å². The molecule has 3 rings (SSSR count). The molecule has 0 atom stereocenters. The third-order valence-electron chi connectivity index (χ3n) is 4.32. The van der Waals surface area contributed by atoms with Crippen molar-refractivity contribution >= 4 is 47.4 Å². The summed E-state index contributed by atoms with van der Waals surface area (Å²) >= 11 is 2.10. The van der Waals surface area contributed by atoms with Crippen LogP contribution >= 0.6 is 47.4 Å². The molecule has 0 spiro atoms. The summed E-state index contributed by atoms with van der Waals surface area (Å²) in [6.07, 6.45) is 9.63. The van der Waals surface area contributed by atoms with Crippen LogP contribution in [-0.4, -0.2) is 78.4 Å². The van der Waals surface area contributed by atoms with Crippen molar-refractivity contribution in [1.29, 1.82) is 0 Å². The van der Waals surface area contributed by atoms with Crippen molar-refractivity contribution in [2.75, 3.05) is 45.8 Å². The fraction of sp³-hybridized carbons (Fsp3) is 1.00. The van der Waals surface area contributed by atoms with Crippen molar-refractivity contribution < 1.29 is 33.6 Å². The molecule has 3 N–H and O–H groups in total. The molecule has 0 heterocycles. The number of nitrogens with zero attached hydrogens (tertiary/aromatic N) is 2. The van der Waals surface area contributed by atoms with Gasteiger partial charge in [-0.2, -0.15) is 0 Å². The van der Waals surface area contributed by atoms with Gasteiger partial charge in [0.15, 0.2) is 0 Å². The number of aliphatic hydroxyl groups is 1. The van der Waals surface area contributed by atoms with Crippen LogP contribution in [0.4, 0.5) is 0 Å². The quantitative estimate of drug-likeness (QED) is 0.267. The normalized spacial score (nSPS) is 16.8. The molecule has 4 nitrogen and oxygen atoms in total. The van der Waals surface area contributed by atoms with Crippen LogP contribution in [0.25, 0.3) is 0 Å². The van der Waals surface area contributed by atoms with E-state index in [1.165, 1.54) is 56.0 Å². The highest BCUT2D eigenvalue weighted by Crippen LogP contribution is 2.30. The van der Waals surface area contributed by atoms with E-state index in [1.54, 1.807) is 0 Å². The Bertz CT molecular complexity index is 288. The first kappa shape index (κ1) is 39.4. The van der Waals surface area contributed by atoms with Crippen molar-refractivity contribution in [2.45, 2.75) is 77.4 Å². The zero-order valence-corrected chi connectivity index (χ0v) is 23.2. The molecule has 0 saturated heterocycles. The van der Waals surface area contributed by atoms with Crippen molar-refractivity contribution in [3.05, 3.63) is 0 Å². The molecule has 0 aromatic heterocycles.